The average Bonchev–Trinajstić information content (AvgIpc) is 3.23. The van der Waals surface area contributed by atoms with Crippen molar-refractivity contribution in [3.05, 3.63) is 46.7 Å². The number of nitrogens with one attached hydrogen (secondary N) is 1. The van der Waals surface area contributed by atoms with E-state index in [-0.39, 0.29) is 54.9 Å². The summed E-state index contributed by atoms with van der Waals surface area (Å²) in [6.07, 6.45) is -3.45. The van der Waals surface area contributed by atoms with Crippen LogP contribution in [-0.2, 0) is 15.8 Å². The Morgan fingerprint density at radius 1 is 1.21 bits per heavy atom. The number of hydrogen-bond acceptors (Lipinski definition) is 4. The van der Waals surface area contributed by atoms with E-state index in [2.05, 4.69) is 10.4 Å². The Morgan fingerprint density at radius 3 is 2.52 bits per heavy atom. The van der Waals surface area contributed by atoms with Crippen molar-refractivity contribution >= 4 is 29.3 Å². The summed E-state index contributed by atoms with van der Waals surface area (Å²) in [5, 5.41) is 6.30. The fourth-order valence-corrected chi connectivity index (χ4v) is 3.18. The van der Waals surface area contributed by atoms with Gasteiger partial charge in [-0.2, -0.15) is 18.3 Å². The number of nitrogens with zero attached hydrogens (tertiary/aromatic N) is 3. The zero-order valence-corrected chi connectivity index (χ0v) is 15.8. The number of hydrogen-bond donors (Lipinski definition) is 1. The predicted octanol–water partition coefficient (Wildman–Crippen LogP) is 2.81. The first-order valence-electron chi connectivity index (χ1n) is 8.71. The van der Waals surface area contributed by atoms with Gasteiger partial charge in [-0.1, -0.05) is 17.7 Å². The van der Waals surface area contributed by atoms with Gasteiger partial charge in [0.25, 0.3) is 5.91 Å². The summed E-state index contributed by atoms with van der Waals surface area (Å²) in [6, 6.07) is 5.67. The summed E-state index contributed by atoms with van der Waals surface area (Å²) in [7, 11) is 0. The number of alkyl halides is 3. The number of likely N-dealkylation sites (tertiary alicyclic amines) is 1. The number of amides is 3. The summed E-state index contributed by atoms with van der Waals surface area (Å²) in [4.78, 5) is 36.4. The largest absolute Gasteiger partial charge is 0.434 e. The molecule has 0 atom stereocenters. The lowest BCUT2D eigenvalue weighted by Gasteiger charge is -2.14. The van der Waals surface area contributed by atoms with Crippen LogP contribution in [0.5, 0.6) is 0 Å². The van der Waals surface area contributed by atoms with Gasteiger partial charge in [-0.25, -0.2) is 4.68 Å². The van der Waals surface area contributed by atoms with Crippen molar-refractivity contribution in [2.45, 2.75) is 25.4 Å². The van der Waals surface area contributed by atoms with Crippen molar-refractivity contribution in [3.8, 4) is 5.69 Å². The van der Waals surface area contributed by atoms with E-state index in [9.17, 15) is 27.6 Å². The number of aromatic nitrogens is 2. The Labute approximate surface area is 168 Å². The van der Waals surface area contributed by atoms with E-state index < -0.39 is 23.3 Å². The summed E-state index contributed by atoms with van der Waals surface area (Å²) in [5.74, 6) is -1.53. The fraction of sp³-hybridized carbons (Fsp3) is 0.333. The monoisotopic (exact) mass is 428 g/mol. The first-order chi connectivity index (χ1) is 13.7. The van der Waals surface area contributed by atoms with Crippen LogP contribution in [0.4, 0.5) is 13.2 Å². The highest BCUT2D eigenvalue weighted by molar-refractivity contribution is 6.30. The average molecular weight is 429 g/mol. The van der Waals surface area contributed by atoms with Crippen molar-refractivity contribution in [1.82, 2.24) is 20.0 Å². The lowest BCUT2D eigenvalue weighted by molar-refractivity contribution is -0.143. The summed E-state index contributed by atoms with van der Waals surface area (Å²) in [5.41, 5.74) is -1.79. The van der Waals surface area contributed by atoms with E-state index in [0.717, 1.165) is 11.1 Å². The van der Waals surface area contributed by atoms with Crippen LogP contribution in [0, 0.1) is 0 Å². The molecule has 3 amide bonds. The van der Waals surface area contributed by atoms with E-state index in [1.807, 2.05) is 0 Å². The topological polar surface area (TPSA) is 84.3 Å². The van der Waals surface area contributed by atoms with Crippen molar-refractivity contribution in [3.63, 3.8) is 0 Å². The van der Waals surface area contributed by atoms with Gasteiger partial charge in [0, 0.05) is 31.0 Å². The molecule has 0 unspecified atom stereocenters. The number of carbonyl (C=O) groups excluding carboxylic acids is 3. The number of rotatable bonds is 6. The smallest absolute Gasteiger partial charge is 0.352 e. The highest BCUT2D eigenvalue weighted by Crippen LogP contribution is 2.34. The number of halogens is 4. The van der Waals surface area contributed by atoms with E-state index in [1.54, 1.807) is 0 Å². The molecule has 1 aliphatic rings. The molecule has 1 N–H and O–H groups in total. The van der Waals surface area contributed by atoms with E-state index in [4.69, 9.17) is 11.6 Å². The van der Waals surface area contributed by atoms with Gasteiger partial charge in [0.05, 0.1) is 17.4 Å². The molecule has 1 fully saturated rings. The summed E-state index contributed by atoms with van der Waals surface area (Å²) >= 11 is 5.84. The minimum absolute atomic E-state index is 0.00443. The first kappa shape index (κ1) is 20.8. The van der Waals surface area contributed by atoms with E-state index in [0.29, 0.717) is 4.68 Å². The minimum atomic E-state index is -4.83. The van der Waals surface area contributed by atoms with Crippen LogP contribution in [-0.4, -0.2) is 45.5 Å². The van der Waals surface area contributed by atoms with E-state index in [1.165, 1.54) is 24.3 Å². The van der Waals surface area contributed by atoms with Gasteiger partial charge in [0.15, 0.2) is 5.69 Å². The normalized spacial score (nSPS) is 14.6. The molecule has 1 saturated heterocycles. The van der Waals surface area contributed by atoms with Crippen LogP contribution >= 0.6 is 11.6 Å². The van der Waals surface area contributed by atoms with Gasteiger partial charge in [0.1, 0.15) is 0 Å². The molecule has 1 aromatic heterocycles. The standard InChI is InChI=1S/C18H16ClF3N4O3/c19-11-3-1-4-12(9-11)26-16(18(20,21)22)13(10-24-26)17(29)23-7-2-8-25-14(27)5-6-15(25)28/h1,3-4,9-10H,2,5-8H2,(H,23,29). The molecule has 0 saturated carbocycles. The van der Waals surface area contributed by atoms with Crippen molar-refractivity contribution in [1.29, 1.82) is 0 Å². The second-order valence-corrected chi connectivity index (χ2v) is 6.78. The third-order valence-corrected chi connectivity index (χ3v) is 4.57. The van der Waals surface area contributed by atoms with Crippen LogP contribution in [0.3, 0.4) is 0 Å². The van der Waals surface area contributed by atoms with Gasteiger partial charge in [0.2, 0.25) is 11.8 Å². The molecule has 0 radical (unpaired) electrons. The number of carbonyl (C=O) groups is 3. The van der Waals surface area contributed by atoms with Crippen molar-refractivity contribution in [2.75, 3.05) is 13.1 Å². The molecule has 2 aromatic rings. The van der Waals surface area contributed by atoms with E-state index >= 15 is 0 Å². The predicted molar refractivity (Wildman–Crippen MR) is 96.5 cm³/mol. The fourth-order valence-electron chi connectivity index (χ4n) is 3.00. The lowest BCUT2D eigenvalue weighted by Crippen LogP contribution is -2.33. The number of benzene rings is 1. The quantitative estimate of drug-likeness (QED) is 0.566. The zero-order valence-electron chi connectivity index (χ0n) is 15.0. The van der Waals surface area contributed by atoms with Gasteiger partial charge >= 0.3 is 6.18 Å². The number of imide groups is 1. The maximum absolute atomic E-state index is 13.6. The first-order valence-corrected chi connectivity index (χ1v) is 9.09. The van der Waals surface area contributed by atoms with Crippen molar-refractivity contribution < 1.29 is 27.6 Å². The molecule has 3 rings (SSSR count). The molecule has 29 heavy (non-hydrogen) atoms. The van der Waals surface area contributed by atoms with Gasteiger partial charge in [-0.15, -0.1) is 0 Å². The highest BCUT2D eigenvalue weighted by Gasteiger charge is 2.40. The molecule has 2 heterocycles. The van der Waals surface area contributed by atoms with Crippen LogP contribution in [0.15, 0.2) is 30.5 Å². The highest BCUT2D eigenvalue weighted by atomic mass is 35.5. The van der Waals surface area contributed by atoms with Crippen LogP contribution < -0.4 is 5.32 Å². The molecular formula is C18H16ClF3N4O3. The SMILES string of the molecule is O=C(NCCCN1C(=O)CCC1=O)c1cnn(-c2cccc(Cl)c2)c1C(F)(F)F. The van der Waals surface area contributed by atoms with Crippen molar-refractivity contribution in [2.24, 2.45) is 0 Å². The maximum Gasteiger partial charge on any atom is 0.434 e. The summed E-state index contributed by atoms with van der Waals surface area (Å²) in [6.45, 7) is 0.0986. The minimum Gasteiger partial charge on any atom is -0.352 e. The van der Waals surface area contributed by atoms with Gasteiger partial charge in [-0.3, -0.25) is 19.3 Å². The lowest BCUT2D eigenvalue weighted by atomic mass is 10.2. The molecule has 1 aromatic carbocycles. The molecular weight excluding hydrogens is 413 g/mol. The Balaban J connectivity index is 1.72. The molecule has 0 spiro atoms. The van der Waals surface area contributed by atoms with Crippen LogP contribution in [0.25, 0.3) is 5.69 Å². The molecule has 0 bridgehead atoms. The molecule has 11 heteroatoms. The Kier molecular flexibility index (Phi) is 5.92. The second kappa shape index (κ2) is 8.24. The van der Waals surface area contributed by atoms with Gasteiger partial charge in [-0.05, 0) is 24.6 Å². The Bertz CT molecular complexity index is 942. The Morgan fingerprint density at radius 2 is 1.90 bits per heavy atom. The molecule has 154 valence electrons. The zero-order chi connectivity index (χ0) is 21.2. The third kappa shape index (κ3) is 4.58. The maximum atomic E-state index is 13.6. The second-order valence-electron chi connectivity index (χ2n) is 6.34. The molecule has 0 aliphatic carbocycles. The van der Waals surface area contributed by atoms with Crippen LogP contribution in [0.2, 0.25) is 5.02 Å². The Hall–Kier alpha value is -2.88. The molecule has 7 nitrogen and oxygen atoms in total. The third-order valence-electron chi connectivity index (χ3n) is 4.33. The van der Waals surface area contributed by atoms with Gasteiger partial charge < -0.3 is 5.32 Å². The molecule has 1 aliphatic heterocycles. The summed E-state index contributed by atoms with van der Waals surface area (Å²) < 4.78 is 41.4. The van der Waals surface area contributed by atoms with Crippen LogP contribution in [0.1, 0.15) is 35.3 Å².